The molecule has 0 bridgehead atoms. The molecule has 8 heteroatoms. The number of likely N-dealkylation sites (tertiary alicyclic amines) is 1. The van der Waals surface area contributed by atoms with Gasteiger partial charge < -0.3 is 24.8 Å². The number of methoxy groups -OCH3 is 1. The first kappa shape index (κ1) is 20.3. The number of nitrogens with zero attached hydrogens (tertiary/aromatic N) is 1. The summed E-state index contributed by atoms with van der Waals surface area (Å²) >= 11 is 1.54. The van der Waals surface area contributed by atoms with Crippen molar-refractivity contribution in [2.24, 2.45) is 0 Å². The summed E-state index contributed by atoms with van der Waals surface area (Å²) in [7, 11) is 1.42. The number of hydrogen-bond acceptors (Lipinski definition) is 7. The van der Waals surface area contributed by atoms with Gasteiger partial charge in [-0.1, -0.05) is 0 Å². The zero-order valence-electron chi connectivity index (χ0n) is 15.8. The van der Waals surface area contributed by atoms with E-state index in [0.717, 1.165) is 45.3 Å². The van der Waals surface area contributed by atoms with Crippen LogP contribution in [-0.2, 0) is 26.3 Å². The number of amides is 1. The Hall–Kier alpha value is -1.48. The normalized spacial score (nSPS) is 18.9. The minimum Gasteiger partial charge on any atom is -0.469 e. The lowest BCUT2D eigenvalue weighted by atomic mass is 9.82. The Morgan fingerprint density at radius 3 is 2.89 bits per heavy atom. The van der Waals surface area contributed by atoms with Gasteiger partial charge in [0.1, 0.15) is 0 Å². The first-order valence-electron chi connectivity index (χ1n) is 9.53. The van der Waals surface area contributed by atoms with E-state index < -0.39 is 0 Å². The SMILES string of the molecule is COC(=O)CCCN1CCC2(CC1)OCCc1sc(C(=O)NCCO)cc12. The second-order valence-corrected chi connectivity index (χ2v) is 8.18. The molecule has 27 heavy (non-hydrogen) atoms. The van der Waals surface area contributed by atoms with Crippen LogP contribution in [0, 0.1) is 0 Å². The predicted molar refractivity (Wildman–Crippen MR) is 102 cm³/mol. The molecular weight excluding hydrogens is 368 g/mol. The Kier molecular flexibility index (Phi) is 6.86. The Bertz CT molecular complexity index is 667. The lowest BCUT2D eigenvalue weighted by Gasteiger charge is -2.44. The Balaban J connectivity index is 1.61. The Labute approximate surface area is 163 Å². The van der Waals surface area contributed by atoms with Crippen LogP contribution in [0.3, 0.4) is 0 Å². The third-order valence-electron chi connectivity index (χ3n) is 5.38. The van der Waals surface area contributed by atoms with Crippen molar-refractivity contribution in [3.05, 3.63) is 21.4 Å². The molecule has 7 nitrogen and oxygen atoms in total. The van der Waals surface area contributed by atoms with Gasteiger partial charge in [0.2, 0.25) is 0 Å². The maximum Gasteiger partial charge on any atom is 0.305 e. The highest BCUT2D eigenvalue weighted by molar-refractivity contribution is 7.14. The molecule has 2 aliphatic heterocycles. The number of rotatable bonds is 7. The Morgan fingerprint density at radius 2 is 2.19 bits per heavy atom. The third-order valence-corrected chi connectivity index (χ3v) is 6.57. The lowest BCUT2D eigenvalue weighted by molar-refractivity contribution is -0.140. The molecule has 0 unspecified atom stereocenters. The number of ether oxygens (including phenoxy) is 2. The van der Waals surface area contributed by atoms with Crippen molar-refractivity contribution in [2.45, 2.75) is 37.7 Å². The van der Waals surface area contributed by atoms with Crippen LogP contribution in [0.25, 0.3) is 0 Å². The lowest BCUT2D eigenvalue weighted by Crippen LogP contribution is -2.46. The summed E-state index contributed by atoms with van der Waals surface area (Å²) in [5, 5.41) is 11.6. The van der Waals surface area contributed by atoms with Crippen LogP contribution in [0.1, 0.15) is 45.8 Å². The molecule has 0 aliphatic carbocycles. The molecule has 3 rings (SSSR count). The van der Waals surface area contributed by atoms with Gasteiger partial charge in [-0.15, -0.1) is 11.3 Å². The molecule has 1 amide bonds. The van der Waals surface area contributed by atoms with E-state index in [1.807, 2.05) is 6.07 Å². The average Bonchev–Trinajstić information content (AvgIpc) is 3.13. The largest absolute Gasteiger partial charge is 0.469 e. The number of carbonyl (C=O) groups excluding carboxylic acids is 2. The monoisotopic (exact) mass is 396 g/mol. The zero-order valence-corrected chi connectivity index (χ0v) is 16.6. The fourth-order valence-electron chi connectivity index (χ4n) is 3.89. The van der Waals surface area contributed by atoms with Gasteiger partial charge in [-0.05, 0) is 37.4 Å². The van der Waals surface area contributed by atoms with E-state index in [0.29, 0.717) is 17.9 Å². The summed E-state index contributed by atoms with van der Waals surface area (Å²) < 4.78 is 10.9. The maximum atomic E-state index is 12.2. The second-order valence-electron chi connectivity index (χ2n) is 7.04. The number of piperidine rings is 1. The van der Waals surface area contributed by atoms with Gasteiger partial charge in [0.25, 0.3) is 5.91 Å². The van der Waals surface area contributed by atoms with E-state index in [1.54, 1.807) is 11.3 Å². The molecule has 0 radical (unpaired) electrons. The van der Waals surface area contributed by atoms with Gasteiger partial charge in [-0.25, -0.2) is 0 Å². The quantitative estimate of drug-likeness (QED) is 0.675. The van der Waals surface area contributed by atoms with Crippen molar-refractivity contribution in [2.75, 3.05) is 46.5 Å². The topological polar surface area (TPSA) is 88.1 Å². The zero-order chi connectivity index (χ0) is 19.3. The molecule has 0 aromatic carbocycles. The highest BCUT2D eigenvalue weighted by Gasteiger charge is 2.42. The highest BCUT2D eigenvalue weighted by Crippen LogP contribution is 2.44. The Morgan fingerprint density at radius 1 is 1.41 bits per heavy atom. The molecule has 1 fully saturated rings. The molecular formula is C19H28N2O5S. The number of aliphatic hydroxyl groups excluding tert-OH is 1. The number of nitrogens with one attached hydrogen (secondary N) is 1. The standard InChI is InChI=1S/C19H28N2O5S/c1-25-17(23)3-2-8-21-9-5-19(6-10-21)14-13-16(18(24)20-7-11-22)27-15(14)4-12-26-19/h13,22H,2-12H2,1H3,(H,20,24). The van der Waals surface area contributed by atoms with Crippen LogP contribution in [-0.4, -0.2) is 68.4 Å². The van der Waals surface area contributed by atoms with Crippen molar-refractivity contribution in [3.63, 3.8) is 0 Å². The molecule has 3 heterocycles. The van der Waals surface area contributed by atoms with Crippen molar-refractivity contribution in [3.8, 4) is 0 Å². The fraction of sp³-hybridized carbons (Fsp3) is 0.684. The van der Waals surface area contributed by atoms with Crippen molar-refractivity contribution in [1.29, 1.82) is 0 Å². The van der Waals surface area contributed by atoms with Gasteiger partial charge in [-0.3, -0.25) is 9.59 Å². The number of aliphatic hydroxyl groups is 1. The number of carbonyl (C=O) groups is 2. The fourth-order valence-corrected chi connectivity index (χ4v) is 5.03. The van der Waals surface area contributed by atoms with E-state index in [2.05, 4.69) is 10.2 Å². The van der Waals surface area contributed by atoms with Crippen LogP contribution in [0.15, 0.2) is 6.07 Å². The van der Waals surface area contributed by atoms with Crippen molar-refractivity contribution >= 4 is 23.2 Å². The van der Waals surface area contributed by atoms with E-state index in [1.165, 1.54) is 17.6 Å². The van der Waals surface area contributed by atoms with E-state index in [4.69, 9.17) is 14.6 Å². The van der Waals surface area contributed by atoms with Gasteiger partial charge >= 0.3 is 5.97 Å². The van der Waals surface area contributed by atoms with Crippen LogP contribution in [0.5, 0.6) is 0 Å². The van der Waals surface area contributed by atoms with Crippen LogP contribution >= 0.6 is 11.3 Å². The highest BCUT2D eigenvalue weighted by atomic mass is 32.1. The van der Waals surface area contributed by atoms with Gasteiger partial charge in [0.05, 0.1) is 30.8 Å². The van der Waals surface area contributed by atoms with E-state index >= 15 is 0 Å². The molecule has 2 N–H and O–H groups in total. The first-order valence-corrected chi connectivity index (χ1v) is 10.3. The van der Waals surface area contributed by atoms with Gasteiger partial charge in [-0.2, -0.15) is 0 Å². The summed E-state index contributed by atoms with van der Waals surface area (Å²) in [6.07, 6.45) is 3.90. The molecule has 1 saturated heterocycles. The molecule has 0 atom stereocenters. The number of hydrogen-bond donors (Lipinski definition) is 2. The van der Waals surface area contributed by atoms with E-state index in [9.17, 15) is 9.59 Å². The van der Waals surface area contributed by atoms with Gasteiger partial charge in [0, 0.05) is 37.4 Å². The summed E-state index contributed by atoms with van der Waals surface area (Å²) in [5.74, 6) is -0.284. The van der Waals surface area contributed by atoms with E-state index in [-0.39, 0.29) is 30.6 Å². The second kappa shape index (κ2) is 9.14. The smallest absolute Gasteiger partial charge is 0.305 e. The number of thiophene rings is 1. The molecule has 0 saturated carbocycles. The summed E-state index contributed by atoms with van der Waals surface area (Å²) in [6, 6.07) is 1.98. The molecule has 1 aromatic heterocycles. The molecule has 150 valence electrons. The van der Waals surface area contributed by atoms with Gasteiger partial charge in [0.15, 0.2) is 0 Å². The summed E-state index contributed by atoms with van der Waals surface area (Å²) in [4.78, 5) is 27.8. The van der Waals surface area contributed by atoms with Crippen LogP contribution in [0.2, 0.25) is 0 Å². The van der Waals surface area contributed by atoms with Crippen LogP contribution in [0.4, 0.5) is 0 Å². The predicted octanol–water partition coefficient (Wildman–Crippen LogP) is 1.29. The van der Waals surface area contributed by atoms with Crippen molar-refractivity contribution < 1.29 is 24.2 Å². The molecule has 2 aliphatic rings. The minimum atomic E-state index is -0.293. The first-order chi connectivity index (χ1) is 13.1. The number of fused-ring (bicyclic) bond motifs is 2. The molecule has 1 spiro atoms. The summed E-state index contributed by atoms with van der Waals surface area (Å²) in [6.45, 7) is 3.62. The van der Waals surface area contributed by atoms with Crippen LogP contribution < -0.4 is 5.32 Å². The average molecular weight is 397 g/mol. The summed E-state index contributed by atoms with van der Waals surface area (Å²) in [5.41, 5.74) is 0.875. The minimum absolute atomic E-state index is 0.0598. The number of esters is 1. The molecule has 1 aromatic rings. The third kappa shape index (κ3) is 4.68. The maximum absolute atomic E-state index is 12.2. The van der Waals surface area contributed by atoms with Crippen molar-refractivity contribution in [1.82, 2.24) is 10.2 Å².